The highest BCUT2D eigenvalue weighted by molar-refractivity contribution is 5.93. The maximum absolute atomic E-state index is 12.3. The van der Waals surface area contributed by atoms with Gasteiger partial charge in [0.15, 0.2) is 0 Å². The van der Waals surface area contributed by atoms with Crippen molar-refractivity contribution in [2.24, 2.45) is 5.92 Å². The van der Waals surface area contributed by atoms with E-state index in [1.165, 1.54) is 5.56 Å². The van der Waals surface area contributed by atoms with Gasteiger partial charge in [0, 0.05) is 5.69 Å². The van der Waals surface area contributed by atoms with Crippen molar-refractivity contribution in [2.75, 3.05) is 11.9 Å². The summed E-state index contributed by atoms with van der Waals surface area (Å²) in [6, 6.07) is 15.9. The van der Waals surface area contributed by atoms with E-state index in [1.54, 1.807) is 0 Å². The lowest BCUT2D eigenvalue weighted by Gasteiger charge is -2.24. The third-order valence-corrected chi connectivity index (χ3v) is 3.88. The molecule has 2 aromatic carbocycles. The Balaban J connectivity index is 1.66. The quantitative estimate of drug-likeness (QED) is 0.936. The van der Waals surface area contributed by atoms with Crippen LogP contribution in [0.1, 0.15) is 18.1 Å². The van der Waals surface area contributed by atoms with E-state index < -0.39 is 0 Å². The molecule has 0 aromatic heterocycles. The summed E-state index contributed by atoms with van der Waals surface area (Å²) in [6.07, 6.45) is 1.73. The molecule has 108 valence electrons. The maximum Gasteiger partial charge on any atom is 0.231 e. The summed E-state index contributed by atoms with van der Waals surface area (Å²) in [4.78, 5) is 12.3. The van der Waals surface area contributed by atoms with Crippen molar-refractivity contribution in [3.63, 3.8) is 0 Å². The number of nitrogens with one attached hydrogen (secondary N) is 1. The fourth-order valence-electron chi connectivity index (χ4n) is 2.56. The number of fused-ring (bicyclic) bond motifs is 1. The Morgan fingerprint density at radius 1 is 1.19 bits per heavy atom. The predicted octanol–water partition coefficient (Wildman–Crippen LogP) is 3.44. The number of anilines is 1. The smallest absolute Gasteiger partial charge is 0.231 e. The Kier molecular flexibility index (Phi) is 3.91. The molecule has 1 N–H and O–H groups in total. The van der Waals surface area contributed by atoms with Gasteiger partial charge in [-0.25, -0.2) is 0 Å². The molecule has 1 amide bonds. The van der Waals surface area contributed by atoms with Gasteiger partial charge in [-0.1, -0.05) is 37.3 Å². The van der Waals surface area contributed by atoms with Gasteiger partial charge in [0.1, 0.15) is 12.4 Å². The third-order valence-electron chi connectivity index (χ3n) is 3.88. The average molecular weight is 281 g/mol. The lowest BCUT2D eigenvalue weighted by atomic mass is 9.96. The third kappa shape index (κ3) is 3.07. The van der Waals surface area contributed by atoms with Crippen molar-refractivity contribution in [1.82, 2.24) is 0 Å². The lowest BCUT2D eigenvalue weighted by Crippen LogP contribution is -2.32. The highest BCUT2D eigenvalue weighted by atomic mass is 16.5. The minimum atomic E-state index is -0.134. The fourth-order valence-corrected chi connectivity index (χ4v) is 2.56. The van der Waals surface area contributed by atoms with Crippen molar-refractivity contribution < 1.29 is 9.53 Å². The van der Waals surface area contributed by atoms with E-state index in [0.29, 0.717) is 6.61 Å². The first-order valence-electron chi connectivity index (χ1n) is 7.37. The molecule has 1 heterocycles. The number of hydrogen-bond donors (Lipinski definition) is 1. The molecule has 3 heteroatoms. The summed E-state index contributed by atoms with van der Waals surface area (Å²) >= 11 is 0. The average Bonchev–Trinajstić information content (AvgIpc) is 2.55. The van der Waals surface area contributed by atoms with Gasteiger partial charge in [0.25, 0.3) is 0 Å². The second kappa shape index (κ2) is 6.00. The van der Waals surface area contributed by atoms with Crippen LogP contribution < -0.4 is 10.1 Å². The summed E-state index contributed by atoms with van der Waals surface area (Å²) in [6.45, 7) is 2.56. The van der Waals surface area contributed by atoms with Crippen LogP contribution in [0.5, 0.6) is 5.75 Å². The second-order valence-corrected chi connectivity index (χ2v) is 5.36. The summed E-state index contributed by atoms with van der Waals surface area (Å²) in [7, 11) is 0. The van der Waals surface area contributed by atoms with Crippen molar-refractivity contribution in [3.8, 4) is 5.75 Å². The zero-order valence-corrected chi connectivity index (χ0v) is 12.1. The van der Waals surface area contributed by atoms with E-state index in [0.717, 1.165) is 29.8 Å². The summed E-state index contributed by atoms with van der Waals surface area (Å²) in [5, 5.41) is 2.97. The van der Waals surface area contributed by atoms with Crippen LogP contribution in [0, 0.1) is 5.92 Å². The van der Waals surface area contributed by atoms with Crippen LogP contribution in [0.2, 0.25) is 0 Å². The van der Waals surface area contributed by atoms with Crippen LogP contribution in [-0.2, 0) is 17.6 Å². The molecule has 1 unspecified atom stereocenters. The Morgan fingerprint density at radius 2 is 1.95 bits per heavy atom. The van der Waals surface area contributed by atoms with Crippen molar-refractivity contribution in [3.05, 3.63) is 59.7 Å². The molecule has 0 bridgehead atoms. The Bertz CT molecular complexity index is 634. The first-order chi connectivity index (χ1) is 10.3. The fraction of sp³-hybridized carbons (Fsp3) is 0.278. The number of hydrogen-bond acceptors (Lipinski definition) is 2. The molecule has 0 saturated carbocycles. The van der Waals surface area contributed by atoms with Crippen LogP contribution in [0.3, 0.4) is 0 Å². The SMILES string of the molecule is CCc1ccc(NC(=O)C2COc3ccccc3C2)cc1. The second-order valence-electron chi connectivity index (χ2n) is 5.36. The van der Waals surface area contributed by atoms with Gasteiger partial charge in [-0.05, 0) is 42.2 Å². The normalized spacial score (nSPS) is 16.7. The maximum atomic E-state index is 12.3. The molecule has 3 nitrogen and oxygen atoms in total. The summed E-state index contributed by atoms with van der Waals surface area (Å²) in [5.41, 5.74) is 3.21. The molecule has 2 aromatic rings. The standard InChI is InChI=1S/C18H19NO2/c1-2-13-7-9-16(10-8-13)19-18(20)15-11-14-5-3-4-6-17(14)21-12-15/h3-10,15H,2,11-12H2,1H3,(H,19,20). The molecule has 21 heavy (non-hydrogen) atoms. The molecular weight excluding hydrogens is 262 g/mol. The number of rotatable bonds is 3. The Hall–Kier alpha value is -2.29. The van der Waals surface area contributed by atoms with Gasteiger partial charge < -0.3 is 10.1 Å². The number of ether oxygens (including phenoxy) is 1. The van der Waals surface area contributed by atoms with Gasteiger partial charge in [-0.3, -0.25) is 4.79 Å². The van der Waals surface area contributed by atoms with Gasteiger partial charge in [0.05, 0.1) is 5.92 Å². The minimum absolute atomic E-state index is 0.0220. The highest BCUT2D eigenvalue weighted by Crippen LogP contribution is 2.27. The molecule has 0 spiro atoms. The predicted molar refractivity (Wildman–Crippen MR) is 83.6 cm³/mol. The number of para-hydroxylation sites is 1. The first-order valence-corrected chi connectivity index (χ1v) is 7.37. The lowest BCUT2D eigenvalue weighted by molar-refractivity contribution is -0.121. The van der Waals surface area contributed by atoms with Gasteiger partial charge >= 0.3 is 0 Å². The molecule has 1 atom stereocenters. The van der Waals surface area contributed by atoms with Crippen molar-refractivity contribution in [1.29, 1.82) is 0 Å². The molecule has 1 aliphatic rings. The molecule has 1 aliphatic heterocycles. The van der Waals surface area contributed by atoms with Crippen LogP contribution in [-0.4, -0.2) is 12.5 Å². The van der Waals surface area contributed by atoms with Gasteiger partial charge in [-0.2, -0.15) is 0 Å². The van der Waals surface area contributed by atoms with E-state index in [4.69, 9.17) is 4.74 Å². The number of benzene rings is 2. The Labute approximate surface area is 124 Å². The zero-order chi connectivity index (χ0) is 14.7. The van der Waals surface area contributed by atoms with Crippen molar-refractivity contribution >= 4 is 11.6 Å². The number of carbonyl (C=O) groups excluding carboxylic acids is 1. The first kappa shape index (κ1) is 13.7. The molecule has 0 saturated heterocycles. The van der Waals surface area contributed by atoms with Crippen LogP contribution in [0.4, 0.5) is 5.69 Å². The van der Waals surface area contributed by atoms with E-state index in [9.17, 15) is 4.79 Å². The van der Waals surface area contributed by atoms with Crippen LogP contribution >= 0.6 is 0 Å². The monoisotopic (exact) mass is 281 g/mol. The topological polar surface area (TPSA) is 38.3 Å². The zero-order valence-electron chi connectivity index (χ0n) is 12.1. The van der Waals surface area contributed by atoms with E-state index in [-0.39, 0.29) is 11.8 Å². The van der Waals surface area contributed by atoms with E-state index in [1.807, 2.05) is 48.5 Å². The van der Waals surface area contributed by atoms with Crippen molar-refractivity contribution in [2.45, 2.75) is 19.8 Å². The largest absolute Gasteiger partial charge is 0.492 e. The van der Waals surface area contributed by atoms with Crippen LogP contribution in [0.15, 0.2) is 48.5 Å². The van der Waals surface area contributed by atoms with Gasteiger partial charge in [0.2, 0.25) is 5.91 Å². The van der Waals surface area contributed by atoms with E-state index >= 15 is 0 Å². The molecular formula is C18H19NO2. The van der Waals surface area contributed by atoms with E-state index in [2.05, 4.69) is 12.2 Å². The number of aryl methyl sites for hydroxylation is 1. The Morgan fingerprint density at radius 3 is 2.71 bits per heavy atom. The summed E-state index contributed by atoms with van der Waals surface area (Å²) < 4.78 is 5.67. The molecule has 3 rings (SSSR count). The van der Waals surface area contributed by atoms with Gasteiger partial charge in [-0.15, -0.1) is 0 Å². The highest BCUT2D eigenvalue weighted by Gasteiger charge is 2.25. The molecule has 0 aliphatic carbocycles. The molecule has 0 fully saturated rings. The number of carbonyl (C=O) groups is 1. The summed E-state index contributed by atoms with van der Waals surface area (Å²) in [5.74, 6) is 0.786. The minimum Gasteiger partial charge on any atom is -0.492 e. The molecule has 0 radical (unpaired) electrons. The number of amides is 1. The van der Waals surface area contributed by atoms with Crippen LogP contribution in [0.25, 0.3) is 0 Å².